The van der Waals surface area contributed by atoms with Crippen molar-refractivity contribution >= 4 is 6.16 Å². The fourth-order valence-electron chi connectivity index (χ4n) is 1.05. The molecule has 0 saturated heterocycles. The third-order valence-electron chi connectivity index (χ3n) is 1.94. The summed E-state index contributed by atoms with van der Waals surface area (Å²) in [5.74, 6) is 0.454. The number of aryl methyl sites for hydroxylation is 1. The monoisotopic (exact) mass is 486 g/mol. The quantitative estimate of drug-likeness (QED) is 0.305. The Hall–Kier alpha value is -1.60. The molecular formula is C19H26O3W. The van der Waals surface area contributed by atoms with E-state index in [2.05, 4.69) is 28.5 Å². The van der Waals surface area contributed by atoms with Crippen molar-refractivity contribution in [2.45, 2.75) is 34.6 Å². The summed E-state index contributed by atoms with van der Waals surface area (Å²) in [7, 11) is 1.26. The van der Waals surface area contributed by atoms with Gasteiger partial charge in [0.05, 0.1) is 7.11 Å². The molecule has 126 valence electrons. The number of carbonyl (C=O) groups excluding carboxylic acids is 1. The third-order valence-corrected chi connectivity index (χ3v) is 1.94. The van der Waals surface area contributed by atoms with E-state index in [-0.39, 0.29) is 21.1 Å². The Morgan fingerprint density at radius 1 is 0.870 bits per heavy atom. The molecule has 2 rings (SSSR count). The van der Waals surface area contributed by atoms with Crippen LogP contribution in [0.15, 0.2) is 48.5 Å². The van der Waals surface area contributed by atoms with E-state index < -0.39 is 6.16 Å². The van der Waals surface area contributed by atoms with E-state index in [0.717, 1.165) is 0 Å². The molecule has 0 aliphatic carbocycles. The number of hydrogen-bond donors (Lipinski definition) is 0. The maximum Gasteiger partial charge on any atom is 2.00 e. The second-order valence-electron chi connectivity index (χ2n) is 3.37. The van der Waals surface area contributed by atoms with Crippen molar-refractivity contribution in [3.8, 4) is 5.75 Å². The summed E-state index contributed by atoms with van der Waals surface area (Å²) in [5, 5.41) is 0. The van der Waals surface area contributed by atoms with Gasteiger partial charge in [-0.1, -0.05) is 34.6 Å². The molecule has 0 aliphatic heterocycles. The first-order chi connectivity index (χ1) is 10.7. The summed E-state index contributed by atoms with van der Waals surface area (Å²) >= 11 is 0. The van der Waals surface area contributed by atoms with Crippen LogP contribution >= 0.6 is 0 Å². The minimum absolute atomic E-state index is 0. The average Bonchev–Trinajstić information content (AvgIpc) is 2.60. The smallest absolute Gasteiger partial charge is 0.437 e. The fraction of sp³-hybridized carbons (Fsp3) is 0.316. The van der Waals surface area contributed by atoms with Crippen LogP contribution in [0, 0.1) is 19.1 Å². The largest absolute Gasteiger partial charge is 2.00 e. The Kier molecular flexibility index (Phi) is 23.3. The standard InChI is InChI=1S/C8H7O3.C7H7.2C2H6.W/c1-10-8(9)11-7-5-3-2-4-6-7;1-7-5-3-2-4-6-7;2*1-2;/h3-6H,1H3;3-6H,1H3;2*1-2H3;/q2*-1;;;+2. The van der Waals surface area contributed by atoms with Gasteiger partial charge in [-0.2, -0.15) is 54.1 Å². The van der Waals surface area contributed by atoms with Crippen LogP contribution in [0.1, 0.15) is 33.3 Å². The Labute approximate surface area is 155 Å². The van der Waals surface area contributed by atoms with Crippen LogP contribution in [0.3, 0.4) is 0 Å². The molecule has 0 N–H and O–H groups in total. The first kappa shape index (κ1) is 26.3. The summed E-state index contributed by atoms with van der Waals surface area (Å²) in [6, 6.07) is 20.2. The first-order valence-electron chi connectivity index (χ1n) is 7.37. The van der Waals surface area contributed by atoms with Crippen LogP contribution < -0.4 is 4.74 Å². The molecule has 0 bridgehead atoms. The molecule has 2 aromatic carbocycles. The summed E-state index contributed by atoms with van der Waals surface area (Å²) < 4.78 is 8.97. The van der Waals surface area contributed by atoms with Crippen molar-refractivity contribution < 1.29 is 35.3 Å². The zero-order valence-corrected chi connectivity index (χ0v) is 17.7. The van der Waals surface area contributed by atoms with Gasteiger partial charge in [-0.05, 0) is 0 Å². The van der Waals surface area contributed by atoms with Gasteiger partial charge in [0, 0.05) is 5.75 Å². The van der Waals surface area contributed by atoms with Gasteiger partial charge in [0.1, 0.15) is 0 Å². The molecule has 23 heavy (non-hydrogen) atoms. The topological polar surface area (TPSA) is 35.5 Å². The van der Waals surface area contributed by atoms with Gasteiger partial charge in [-0.15, -0.1) is 12.1 Å². The summed E-state index contributed by atoms with van der Waals surface area (Å²) in [6.07, 6.45) is -0.712. The van der Waals surface area contributed by atoms with Crippen molar-refractivity contribution in [3.05, 3.63) is 66.2 Å². The van der Waals surface area contributed by atoms with Crippen molar-refractivity contribution in [3.63, 3.8) is 0 Å². The number of hydrogen-bond acceptors (Lipinski definition) is 3. The van der Waals surface area contributed by atoms with E-state index in [4.69, 9.17) is 0 Å². The van der Waals surface area contributed by atoms with Crippen molar-refractivity contribution in [1.29, 1.82) is 0 Å². The van der Waals surface area contributed by atoms with Gasteiger partial charge in [0.2, 0.25) is 0 Å². The van der Waals surface area contributed by atoms with E-state index >= 15 is 0 Å². The van der Waals surface area contributed by atoms with Gasteiger partial charge < -0.3 is 9.47 Å². The Bertz CT molecular complexity index is 459. The summed E-state index contributed by atoms with van der Waals surface area (Å²) in [6.45, 7) is 10.1. The van der Waals surface area contributed by atoms with Crippen LogP contribution in [0.5, 0.6) is 5.75 Å². The normalized spacial score (nSPS) is 7.39. The van der Waals surface area contributed by atoms with Crippen molar-refractivity contribution in [2.75, 3.05) is 7.11 Å². The van der Waals surface area contributed by atoms with Crippen LogP contribution in [0.2, 0.25) is 0 Å². The molecular weight excluding hydrogens is 460 g/mol. The Morgan fingerprint density at radius 2 is 1.26 bits per heavy atom. The number of benzene rings is 2. The first-order valence-corrected chi connectivity index (χ1v) is 7.37. The maximum atomic E-state index is 10.5. The van der Waals surface area contributed by atoms with Gasteiger partial charge in [-0.25, -0.2) is 4.79 Å². The average molecular weight is 486 g/mol. The zero-order chi connectivity index (χ0) is 17.2. The predicted molar refractivity (Wildman–Crippen MR) is 91.0 cm³/mol. The van der Waals surface area contributed by atoms with E-state index in [0.29, 0.717) is 5.75 Å². The van der Waals surface area contributed by atoms with Crippen LogP contribution in [-0.4, -0.2) is 13.3 Å². The van der Waals surface area contributed by atoms with Crippen LogP contribution in [0.4, 0.5) is 4.79 Å². The fourth-order valence-corrected chi connectivity index (χ4v) is 1.05. The molecule has 0 fully saturated rings. The second kappa shape index (κ2) is 20.4. The predicted octanol–water partition coefficient (Wildman–Crippen LogP) is 5.48. The van der Waals surface area contributed by atoms with Gasteiger partial charge >= 0.3 is 27.2 Å². The molecule has 2 aromatic rings. The zero-order valence-electron chi connectivity index (χ0n) is 14.8. The Balaban J connectivity index is -0.000000290. The van der Waals surface area contributed by atoms with E-state index in [1.54, 1.807) is 24.3 Å². The van der Waals surface area contributed by atoms with E-state index in [9.17, 15) is 4.79 Å². The molecule has 0 aromatic heterocycles. The molecule has 4 heteroatoms. The number of carbonyl (C=O) groups is 1. The number of ether oxygens (including phenoxy) is 2. The molecule has 0 radical (unpaired) electrons. The van der Waals surface area contributed by atoms with E-state index in [1.165, 1.54) is 12.7 Å². The molecule has 3 nitrogen and oxygen atoms in total. The van der Waals surface area contributed by atoms with Crippen molar-refractivity contribution in [2.24, 2.45) is 0 Å². The third kappa shape index (κ3) is 16.6. The van der Waals surface area contributed by atoms with Gasteiger partial charge in [-0.3, -0.25) is 0 Å². The molecule has 0 heterocycles. The Morgan fingerprint density at radius 3 is 1.57 bits per heavy atom. The molecule has 0 amide bonds. The van der Waals surface area contributed by atoms with Gasteiger partial charge in [0.15, 0.2) is 0 Å². The second-order valence-corrected chi connectivity index (χ2v) is 3.37. The molecule has 0 spiro atoms. The number of rotatable bonds is 1. The van der Waals surface area contributed by atoms with E-state index in [1.807, 2.05) is 52.0 Å². The van der Waals surface area contributed by atoms with Gasteiger partial charge in [0.25, 0.3) is 0 Å². The molecule has 0 atom stereocenters. The SMILES string of the molecule is CC.CC.COC(=O)Oc1cc[c-]cc1.Cc1cc[c-]cc1.[W+2]. The summed E-state index contributed by atoms with van der Waals surface area (Å²) in [5.41, 5.74) is 1.29. The minimum atomic E-state index is -0.712. The van der Waals surface area contributed by atoms with Crippen molar-refractivity contribution in [1.82, 2.24) is 0 Å². The van der Waals surface area contributed by atoms with Crippen LogP contribution in [0.25, 0.3) is 0 Å². The molecule has 0 aliphatic rings. The maximum absolute atomic E-state index is 10.5. The van der Waals surface area contributed by atoms with Crippen LogP contribution in [-0.2, 0) is 25.8 Å². The number of methoxy groups -OCH3 is 1. The molecule has 0 unspecified atom stereocenters. The summed E-state index contributed by atoms with van der Waals surface area (Å²) in [4.78, 5) is 10.5. The molecule has 0 saturated carbocycles. The minimum Gasteiger partial charge on any atom is -0.437 e.